The number of phenolic OH excluding ortho intramolecular Hbond substituents is 1. The van der Waals surface area contributed by atoms with E-state index in [0.29, 0.717) is 12.1 Å². The van der Waals surface area contributed by atoms with E-state index in [1.807, 2.05) is 24.3 Å². The molecule has 16 heavy (non-hydrogen) atoms. The summed E-state index contributed by atoms with van der Waals surface area (Å²) in [6, 6.07) is 10.8. The van der Waals surface area contributed by atoms with E-state index < -0.39 is 0 Å². The lowest BCUT2D eigenvalue weighted by Gasteiger charge is -2.07. The fourth-order valence-electron chi connectivity index (χ4n) is 1.81. The molecule has 2 aromatic carbocycles. The molecule has 2 rings (SSSR count). The van der Waals surface area contributed by atoms with Crippen LogP contribution in [0.1, 0.15) is 16.8 Å². The lowest BCUT2D eigenvalue weighted by molar-refractivity contribution is 0.0984. The van der Waals surface area contributed by atoms with Gasteiger partial charge < -0.3 is 10.8 Å². The first-order valence-corrected chi connectivity index (χ1v) is 5.18. The Morgan fingerprint density at radius 3 is 2.69 bits per heavy atom. The number of carbonyl (C=O) groups excluding carboxylic acids is 1. The van der Waals surface area contributed by atoms with Crippen molar-refractivity contribution in [2.45, 2.75) is 6.42 Å². The molecule has 0 fully saturated rings. The third-order valence-electron chi connectivity index (χ3n) is 2.56. The van der Waals surface area contributed by atoms with Crippen LogP contribution in [0.4, 0.5) is 0 Å². The van der Waals surface area contributed by atoms with E-state index in [9.17, 15) is 9.90 Å². The zero-order chi connectivity index (χ0) is 11.5. The van der Waals surface area contributed by atoms with Gasteiger partial charge in [0.05, 0.1) is 5.56 Å². The van der Waals surface area contributed by atoms with Gasteiger partial charge in [0.15, 0.2) is 5.78 Å². The molecule has 0 bridgehead atoms. The van der Waals surface area contributed by atoms with Crippen LogP contribution in [-0.2, 0) is 0 Å². The largest absolute Gasteiger partial charge is 0.507 e. The number of benzene rings is 2. The van der Waals surface area contributed by atoms with Crippen molar-refractivity contribution in [3.8, 4) is 5.75 Å². The second-order valence-electron chi connectivity index (χ2n) is 3.64. The summed E-state index contributed by atoms with van der Waals surface area (Å²) in [6.07, 6.45) is 0.252. The maximum atomic E-state index is 11.8. The second kappa shape index (κ2) is 4.33. The van der Waals surface area contributed by atoms with E-state index in [0.717, 1.165) is 10.8 Å². The smallest absolute Gasteiger partial charge is 0.168 e. The summed E-state index contributed by atoms with van der Waals surface area (Å²) in [5, 5.41) is 11.5. The maximum absolute atomic E-state index is 11.8. The molecule has 0 spiro atoms. The van der Waals surface area contributed by atoms with Crippen LogP contribution >= 0.6 is 0 Å². The quantitative estimate of drug-likeness (QED) is 0.770. The van der Waals surface area contributed by atoms with Gasteiger partial charge in [0.25, 0.3) is 0 Å². The summed E-state index contributed by atoms with van der Waals surface area (Å²) in [7, 11) is 0. The van der Waals surface area contributed by atoms with Crippen molar-refractivity contribution >= 4 is 16.6 Å². The first-order valence-electron chi connectivity index (χ1n) is 5.18. The van der Waals surface area contributed by atoms with Crippen molar-refractivity contribution in [1.82, 2.24) is 0 Å². The number of hydrogen-bond donors (Lipinski definition) is 2. The van der Waals surface area contributed by atoms with Gasteiger partial charge in [0.2, 0.25) is 0 Å². The first kappa shape index (κ1) is 10.6. The van der Waals surface area contributed by atoms with Crippen molar-refractivity contribution in [3.05, 3.63) is 42.0 Å². The second-order valence-corrected chi connectivity index (χ2v) is 3.64. The molecule has 3 heteroatoms. The van der Waals surface area contributed by atoms with Gasteiger partial charge >= 0.3 is 0 Å². The van der Waals surface area contributed by atoms with Gasteiger partial charge in [-0.2, -0.15) is 0 Å². The molecule has 0 saturated heterocycles. The summed E-state index contributed by atoms with van der Waals surface area (Å²) in [6.45, 7) is 0.293. The van der Waals surface area contributed by atoms with Gasteiger partial charge in [-0.1, -0.05) is 30.3 Å². The monoisotopic (exact) mass is 215 g/mol. The van der Waals surface area contributed by atoms with Crippen LogP contribution in [0, 0.1) is 0 Å². The molecular formula is C13H13NO2. The minimum Gasteiger partial charge on any atom is -0.507 e. The molecule has 0 saturated carbocycles. The number of phenols is 1. The zero-order valence-electron chi connectivity index (χ0n) is 8.81. The molecule has 0 amide bonds. The number of carbonyl (C=O) groups is 1. The highest BCUT2D eigenvalue weighted by atomic mass is 16.3. The van der Waals surface area contributed by atoms with Crippen molar-refractivity contribution in [2.75, 3.05) is 6.54 Å². The Morgan fingerprint density at radius 1 is 1.19 bits per heavy atom. The Kier molecular flexibility index (Phi) is 2.88. The number of fused-ring (bicyclic) bond motifs is 1. The zero-order valence-corrected chi connectivity index (χ0v) is 8.81. The number of ketones is 1. The average Bonchev–Trinajstić information content (AvgIpc) is 2.29. The van der Waals surface area contributed by atoms with E-state index in [-0.39, 0.29) is 18.0 Å². The predicted octanol–water partition coefficient (Wildman–Crippen LogP) is 2.08. The lowest BCUT2D eigenvalue weighted by Crippen LogP contribution is -2.08. The van der Waals surface area contributed by atoms with Gasteiger partial charge in [-0.15, -0.1) is 0 Å². The molecule has 0 heterocycles. The molecule has 0 aliphatic rings. The van der Waals surface area contributed by atoms with Crippen LogP contribution < -0.4 is 5.73 Å². The molecule has 2 aromatic rings. The number of nitrogens with two attached hydrogens (primary N) is 1. The topological polar surface area (TPSA) is 63.3 Å². The van der Waals surface area contributed by atoms with E-state index in [1.165, 1.54) is 0 Å². The van der Waals surface area contributed by atoms with Gasteiger partial charge in [0, 0.05) is 6.42 Å². The van der Waals surface area contributed by atoms with Gasteiger partial charge in [-0.05, 0) is 23.4 Å². The Hall–Kier alpha value is -1.87. The summed E-state index contributed by atoms with van der Waals surface area (Å²) in [5.74, 6) is -0.0889. The fraction of sp³-hybridized carbons (Fsp3) is 0.154. The summed E-state index contributed by atoms with van der Waals surface area (Å²) in [4.78, 5) is 11.8. The van der Waals surface area contributed by atoms with E-state index in [1.54, 1.807) is 12.1 Å². The van der Waals surface area contributed by atoms with Crippen molar-refractivity contribution in [1.29, 1.82) is 0 Å². The van der Waals surface area contributed by atoms with E-state index in [2.05, 4.69) is 0 Å². The maximum Gasteiger partial charge on any atom is 0.168 e. The van der Waals surface area contributed by atoms with Crippen LogP contribution in [0.15, 0.2) is 36.4 Å². The molecule has 0 unspecified atom stereocenters. The summed E-state index contributed by atoms with van der Waals surface area (Å²) >= 11 is 0. The summed E-state index contributed by atoms with van der Waals surface area (Å²) < 4.78 is 0. The highest BCUT2D eigenvalue weighted by Gasteiger charge is 2.13. The molecule has 82 valence electrons. The van der Waals surface area contributed by atoms with E-state index in [4.69, 9.17) is 5.73 Å². The van der Waals surface area contributed by atoms with Crippen LogP contribution in [0.2, 0.25) is 0 Å². The number of rotatable bonds is 3. The molecule has 0 aliphatic heterocycles. The highest BCUT2D eigenvalue weighted by molar-refractivity contribution is 6.10. The highest BCUT2D eigenvalue weighted by Crippen LogP contribution is 2.27. The fourth-order valence-corrected chi connectivity index (χ4v) is 1.81. The standard InChI is InChI=1S/C13H13NO2/c14-8-7-12(16)13-10-4-2-1-3-9(10)5-6-11(13)15/h1-6,15H,7-8,14H2. The molecule has 0 radical (unpaired) electrons. The number of Topliss-reactive ketones (excluding diaryl/α,β-unsaturated/α-hetero) is 1. The van der Waals surface area contributed by atoms with Crippen LogP contribution in [0.25, 0.3) is 10.8 Å². The predicted molar refractivity (Wildman–Crippen MR) is 63.6 cm³/mol. The third kappa shape index (κ3) is 1.77. The van der Waals surface area contributed by atoms with Gasteiger partial charge in [0.1, 0.15) is 5.75 Å². The average molecular weight is 215 g/mol. The van der Waals surface area contributed by atoms with Crippen molar-refractivity contribution in [3.63, 3.8) is 0 Å². The lowest BCUT2D eigenvalue weighted by atomic mass is 9.99. The van der Waals surface area contributed by atoms with Crippen molar-refractivity contribution in [2.24, 2.45) is 5.73 Å². The molecule has 0 atom stereocenters. The van der Waals surface area contributed by atoms with Gasteiger partial charge in [-0.3, -0.25) is 4.79 Å². The summed E-state index contributed by atoms with van der Waals surface area (Å²) in [5.41, 5.74) is 5.74. The molecule has 3 nitrogen and oxygen atoms in total. The SMILES string of the molecule is NCCC(=O)c1c(O)ccc2ccccc12. The first-order chi connectivity index (χ1) is 7.74. The van der Waals surface area contributed by atoms with Crippen LogP contribution in [0.3, 0.4) is 0 Å². The van der Waals surface area contributed by atoms with E-state index >= 15 is 0 Å². The van der Waals surface area contributed by atoms with Crippen LogP contribution in [-0.4, -0.2) is 17.4 Å². The number of aromatic hydroxyl groups is 1. The Labute approximate surface area is 93.5 Å². The molecular weight excluding hydrogens is 202 g/mol. The number of hydrogen-bond acceptors (Lipinski definition) is 3. The Morgan fingerprint density at radius 2 is 1.94 bits per heavy atom. The molecule has 0 aliphatic carbocycles. The minimum absolute atomic E-state index is 0.0251. The van der Waals surface area contributed by atoms with Crippen molar-refractivity contribution < 1.29 is 9.90 Å². The van der Waals surface area contributed by atoms with Gasteiger partial charge in [-0.25, -0.2) is 0 Å². The third-order valence-corrected chi connectivity index (χ3v) is 2.56. The normalized spacial score (nSPS) is 10.6. The van der Waals surface area contributed by atoms with Crippen LogP contribution in [0.5, 0.6) is 5.75 Å². The Bertz CT molecular complexity index is 534. The Balaban J connectivity index is 2.66. The molecule has 3 N–H and O–H groups in total. The molecule has 0 aromatic heterocycles. The minimum atomic E-state index is -0.114.